The molecular weight excluding hydrogens is 327 g/mol. The van der Waals surface area contributed by atoms with Crippen molar-refractivity contribution in [2.45, 2.75) is 24.7 Å². The van der Waals surface area contributed by atoms with Crippen LogP contribution in [0.25, 0.3) is 11.4 Å². The Kier molecular flexibility index (Phi) is 5.15. The molecule has 0 unspecified atom stereocenters. The summed E-state index contributed by atoms with van der Waals surface area (Å²) in [4.78, 5) is 5.43. The number of phenols is 1. The number of aryl methyl sites for hydroxylation is 2. The number of thioether (sulfide) groups is 1. The second-order valence-electron chi connectivity index (χ2n) is 5.42. The molecule has 0 aliphatic heterocycles. The summed E-state index contributed by atoms with van der Waals surface area (Å²) in [6.45, 7) is 1.71. The highest BCUT2D eigenvalue weighted by molar-refractivity contribution is 7.99. The Bertz CT molecular complexity index is 818. The molecule has 1 aromatic heterocycles. The van der Waals surface area contributed by atoms with Crippen molar-refractivity contribution in [3.63, 3.8) is 0 Å². The van der Waals surface area contributed by atoms with Crippen LogP contribution in [0, 0.1) is 12.7 Å². The van der Waals surface area contributed by atoms with Gasteiger partial charge in [0.05, 0.1) is 0 Å². The molecule has 0 aliphatic carbocycles. The number of aromatic hydroxyl groups is 1. The molecule has 1 N–H and O–H groups in total. The maximum atomic E-state index is 13.6. The summed E-state index contributed by atoms with van der Waals surface area (Å²) in [5, 5.41) is 13.2. The maximum absolute atomic E-state index is 13.6. The van der Waals surface area contributed by atoms with Crippen molar-refractivity contribution in [1.82, 2.24) is 10.1 Å². The van der Waals surface area contributed by atoms with E-state index in [9.17, 15) is 9.50 Å². The van der Waals surface area contributed by atoms with Gasteiger partial charge in [-0.15, -0.1) is 11.8 Å². The summed E-state index contributed by atoms with van der Waals surface area (Å²) in [6, 6.07) is 12.0. The van der Waals surface area contributed by atoms with Gasteiger partial charge in [0.15, 0.2) is 0 Å². The average molecular weight is 344 g/mol. The van der Waals surface area contributed by atoms with Crippen LogP contribution in [0.5, 0.6) is 5.75 Å². The van der Waals surface area contributed by atoms with Gasteiger partial charge in [-0.05, 0) is 55.0 Å². The number of benzene rings is 2. The van der Waals surface area contributed by atoms with Crippen molar-refractivity contribution in [3.8, 4) is 17.1 Å². The van der Waals surface area contributed by atoms with E-state index < -0.39 is 0 Å². The average Bonchev–Trinajstić information content (AvgIpc) is 3.05. The van der Waals surface area contributed by atoms with Crippen LogP contribution in [0.15, 0.2) is 51.9 Å². The van der Waals surface area contributed by atoms with Gasteiger partial charge in [0.1, 0.15) is 11.6 Å². The quantitative estimate of drug-likeness (QED) is 0.522. The lowest BCUT2D eigenvalue weighted by molar-refractivity contribution is 0.378. The monoisotopic (exact) mass is 344 g/mol. The van der Waals surface area contributed by atoms with E-state index in [1.54, 1.807) is 43.0 Å². The molecule has 0 aliphatic rings. The van der Waals surface area contributed by atoms with E-state index in [1.165, 1.54) is 6.07 Å². The molecule has 0 spiro atoms. The van der Waals surface area contributed by atoms with Crippen molar-refractivity contribution in [3.05, 3.63) is 59.7 Å². The minimum absolute atomic E-state index is 0.269. The highest BCUT2D eigenvalue weighted by atomic mass is 32.2. The Morgan fingerprint density at radius 1 is 1.17 bits per heavy atom. The summed E-state index contributed by atoms with van der Waals surface area (Å²) in [5.74, 6) is 1.86. The van der Waals surface area contributed by atoms with Crippen molar-refractivity contribution in [1.29, 1.82) is 0 Å². The van der Waals surface area contributed by atoms with Crippen LogP contribution >= 0.6 is 11.8 Å². The molecule has 0 radical (unpaired) electrons. The minimum atomic E-state index is -0.274. The number of halogens is 1. The number of aromatic nitrogens is 2. The van der Waals surface area contributed by atoms with E-state index in [-0.39, 0.29) is 11.6 Å². The lowest BCUT2D eigenvalue weighted by Gasteiger charge is -2.00. The maximum Gasteiger partial charge on any atom is 0.226 e. The fraction of sp³-hybridized carbons (Fsp3) is 0.222. The first-order valence-electron chi connectivity index (χ1n) is 7.63. The van der Waals surface area contributed by atoms with Gasteiger partial charge in [-0.3, -0.25) is 0 Å². The van der Waals surface area contributed by atoms with Crippen molar-refractivity contribution >= 4 is 11.8 Å². The van der Waals surface area contributed by atoms with Gasteiger partial charge in [-0.2, -0.15) is 4.98 Å². The molecule has 0 fully saturated rings. The Hall–Kier alpha value is -2.34. The number of hydrogen-bond donors (Lipinski definition) is 1. The number of phenolic OH excluding ortho intramolecular Hbond substituents is 1. The summed E-state index contributed by atoms with van der Waals surface area (Å²) in [6.07, 6.45) is 1.56. The zero-order chi connectivity index (χ0) is 16.9. The first-order chi connectivity index (χ1) is 11.6. The third kappa shape index (κ3) is 4.14. The molecule has 0 amide bonds. The van der Waals surface area contributed by atoms with Crippen LogP contribution in [-0.2, 0) is 6.42 Å². The summed E-state index contributed by atoms with van der Waals surface area (Å²) in [5.41, 5.74) is 1.21. The summed E-state index contributed by atoms with van der Waals surface area (Å²) in [7, 11) is 0. The second-order valence-corrected chi connectivity index (χ2v) is 6.59. The Morgan fingerprint density at radius 2 is 1.96 bits per heavy atom. The summed E-state index contributed by atoms with van der Waals surface area (Å²) >= 11 is 1.70. The van der Waals surface area contributed by atoms with E-state index in [0.29, 0.717) is 29.3 Å². The normalized spacial score (nSPS) is 10.9. The fourth-order valence-electron chi connectivity index (χ4n) is 2.16. The Balaban J connectivity index is 1.52. The highest BCUT2D eigenvalue weighted by Gasteiger charge is 2.10. The lowest BCUT2D eigenvalue weighted by Crippen LogP contribution is -1.89. The van der Waals surface area contributed by atoms with E-state index in [0.717, 1.165) is 17.1 Å². The number of nitrogens with zero attached hydrogens (tertiary/aromatic N) is 2. The SMILES string of the molecule is Cc1ccc(-c2noc(CCCSc3ccc(O)cc3)n2)cc1F. The third-order valence-corrected chi connectivity index (χ3v) is 4.64. The summed E-state index contributed by atoms with van der Waals surface area (Å²) < 4.78 is 18.8. The van der Waals surface area contributed by atoms with E-state index in [2.05, 4.69) is 10.1 Å². The molecule has 6 heteroatoms. The second kappa shape index (κ2) is 7.49. The predicted octanol–water partition coefficient (Wildman–Crippen LogP) is 4.61. The molecule has 0 saturated heterocycles. The predicted molar refractivity (Wildman–Crippen MR) is 91.6 cm³/mol. The van der Waals surface area contributed by atoms with Gasteiger partial charge in [-0.25, -0.2) is 4.39 Å². The molecule has 3 rings (SSSR count). The van der Waals surface area contributed by atoms with Gasteiger partial charge in [0.25, 0.3) is 0 Å². The van der Waals surface area contributed by atoms with Gasteiger partial charge < -0.3 is 9.63 Å². The Morgan fingerprint density at radius 3 is 2.71 bits per heavy atom. The van der Waals surface area contributed by atoms with Crippen LogP contribution < -0.4 is 0 Å². The largest absolute Gasteiger partial charge is 0.508 e. The molecular formula is C18H17FN2O2S. The van der Waals surface area contributed by atoms with Gasteiger partial charge in [0.2, 0.25) is 11.7 Å². The smallest absolute Gasteiger partial charge is 0.226 e. The van der Waals surface area contributed by atoms with Crippen molar-refractivity contribution in [2.24, 2.45) is 0 Å². The minimum Gasteiger partial charge on any atom is -0.508 e. The first-order valence-corrected chi connectivity index (χ1v) is 8.61. The zero-order valence-corrected chi connectivity index (χ0v) is 14.0. The van der Waals surface area contributed by atoms with Crippen LogP contribution in [0.2, 0.25) is 0 Å². The van der Waals surface area contributed by atoms with Crippen LogP contribution in [0.3, 0.4) is 0 Å². The van der Waals surface area contributed by atoms with Gasteiger partial charge >= 0.3 is 0 Å². The van der Waals surface area contributed by atoms with Crippen molar-refractivity contribution in [2.75, 3.05) is 5.75 Å². The molecule has 1 heterocycles. The Labute approximate surface area is 143 Å². The van der Waals surface area contributed by atoms with Crippen LogP contribution in [-0.4, -0.2) is 21.0 Å². The molecule has 0 saturated carbocycles. The molecule has 0 bridgehead atoms. The molecule has 124 valence electrons. The van der Waals surface area contributed by atoms with E-state index in [4.69, 9.17) is 4.52 Å². The van der Waals surface area contributed by atoms with Gasteiger partial charge in [0, 0.05) is 16.9 Å². The van der Waals surface area contributed by atoms with E-state index in [1.807, 2.05) is 12.1 Å². The fourth-order valence-corrected chi connectivity index (χ4v) is 3.01. The molecule has 0 atom stereocenters. The standard InChI is InChI=1S/C18H17FN2O2S/c1-12-4-5-13(11-16(12)19)18-20-17(23-21-18)3-2-10-24-15-8-6-14(22)7-9-15/h4-9,11,22H,2-3,10H2,1H3. The van der Waals surface area contributed by atoms with E-state index >= 15 is 0 Å². The molecule has 4 nitrogen and oxygen atoms in total. The molecule has 24 heavy (non-hydrogen) atoms. The van der Waals surface area contributed by atoms with Crippen molar-refractivity contribution < 1.29 is 14.0 Å². The third-order valence-electron chi connectivity index (χ3n) is 3.54. The molecule has 3 aromatic rings. The highest BCUT2D eigenvalue weighted by Crippen LogP contribution is 2.23. The topological polar surface area (TPSA) is 59.2 Å². The first kappa shape index (κ1) is 16.5. The number of hydrogen-bond acceptors (Lipinski definition) is 5. The molecule has 2 aromatic carbocycles. The lowest BCUT2D eigenvalue weighted by atomic mass is 10.1. The zero-order valence-electron chi connectivity index (χ0n) is 13.2. The van der Waals surface area contributed by atoms with Gasteiger partial charge in [-0.1, -0.05) is 17.3 Å². The van der Waals surface area contributed by atoms with Crippen LogP contribution in [0.4, 0.5) is 4.39 Å². The van der Waals surface area contributed by atoms with Crippen LogP contribution in [0.1, 0.15) is 17.9 Å². The number of rotatable bonds is 6.